The molecule has 6 heteroatoms. The van der Waals surface area contributed by atoms with Crippen LogP contribution in [-0.2, 0) is 14.3 Å². The van der Waals surface area contributed by atoms with Crippen molar-refractivity contribution in [2.45, 2.75) is 18.2 Å². The summed E-state index contributed by atoms with van der Waals surface area (Å²) >= 11 is 3.15. The normalized spacial score (nSPS) is 13.2. The van der Waals surface area contributed by atoms with Gasteiger partial charge in [-0.1, -0.05) is 15.9 Å². The number of esters is 1. The highest BCUT2D eigenvalue weighted by Crippen LogP contribution is 2.26. The highest BCUT2D eigenvalue weighted by atomic mass is 79.9. The van der Waals surface area contributed by atoms with E-state index >= 15 is 0 Å². The number of carbonyl (C=O) groups excluding carboxylic acids is 2. The first kappa shape index (κ1) is 16.5. The third-order valence-electron chi connectivity index (χ3n) is 2.82. The maximum atomic E-state index is 12.4. The number of rotatable bonds is 5. The predicted octanol–water partition coefficient (Wildman–Crippen LogP) is 2.37. The second-order valence-corrected chi connectivity index (χ2v) is 5.87. The average molecular weight is 344 g/mol. The number of carbonyl (C=O) groups is 2. The molecule has 0 aromatic heterocycles. The fourth-order valence-corrected chi connectivity index (χ4v) is 1.97. The lowest BCUT2D eigenvalue weighted by molar-refractivity contribution is -0.148. The van der Waals surface area contributed by atoms with Crippen LogP contribution < -0.4 is 9.64 Å². The molecule has 0 aliphatic heterocycles. The number of amides is 1. The van der Waals surface area contributed by atoms with Gasteiger partial charge in [-0.25, -0.2) is 4.79 Å². The van der Waals surface area contributed by atoms with Crippen molar-refractivity contribution >= 4 is 33.5 Å². The highest BCUT2D eigenvalue weighted by molar-refractivity contribution is 9.10. The Hall–Kier alpha value is -1.56. The molecule has 5 nitrogen and oxygen atoms in total. The van der Waals surface area contributed by atoms with Crippen LogP contribution in [0.2, 0.25) is 0 Å². The van der Waals surface area contributed by atoms with Gasteiger partial charge in [-0.3, -0.25) is 4.79 Å². The van der Waals surface area contributed by atoms with Gasteiger partial charge in [-0.15, -0.1) is 0 Å². The molecule has 0 spiro atoms. The summed E-state index contributed by atoms with van der Waals surface area (Å²) in [6.45, 7) is 3.39. The number of anilines is 1. The molecule has 1 amide bonds. The topological polar surface area (TPSA) is 55.8 Å². The zero-order valence-electron chi connectivity index (χ0n) is 12.0. The van der Waals surface area contributed by atoms with Gasteiger partial charge in [-0.2, -0.15) is 0 Å². The monoisotopic (exact) mass is 343 g/mol. The molecular weight excluding hydrogens is 326 g/mol. The number of hydrogen-bond acceptors (Lipinski definition) is 4. The maximum absolute atomic E-state index is 12.4. The summed E-state index contributed by atoms with van der Waals surface area (Å²) in [6, 6.07) is 6.97. The summed E-state index contributed by atoms with van der Waals surface area (Å²) in [5, 5.41) is 0. The van der Waals surface area contributed by atoms with Crippen LogP contribution >= 0.6 is 15.9 Å². The second-order valence-electron chi connectivity index (χ2n) is 4.29. The van der Waals surface area contributed by atoms with E-state index in [1.807, 2.05) is 0 Å². The average Bonchev–Trinajstić information content (AvgIpc) is 2.46. The van der Waals surface area contributed by atoms with Gasteiger partial charge in [-0.05, 0) is 38.1 Å². The minimum Gasteiger partial charge on any atom is -0.497 e. The third-order valence-corrected chi connectivity index (χ3v) is 3.49. The molecule has 1 aromatic carbocycles. The Kier molecular flexibility index (Phi) is 5.56. The number of nitrogens with zero attached hydrogens (tertiary/aromatic N) is 1. The van der Waals surface area contributed by atoms with Crippen LogP contribution in [0.1, 0.15) is 13.8 Å². The number of alkyl halides is 1. The van der Waals surface area contributed by atoms with Gasteiger partial charge in [0.2, 0.25) is 0 Å². The second kappa shape index (κ2) is 6.74. The van der Waals surface area contributed by atoms with E-state index in [2.05, 4.69) is 15.9 Å². The van der Waals surface area contributed by atoms with E-state index in [1.54, 1.807) is 45.3 Å². The Morgan fingerprint density at radius 2 is 1.85 bits per heavy atom. The predicted molar refractivity (Wildman–Crippen MR) is 80.4 cm³/mol. The largest absolute Gasteiger partial charge is 0.497 e. The van der Waals surface area contributed by atoms with Gasteiger partial charge < -0.3 is 14.4 Å². The van der Waals surface area contributed by atoms with Gasteiger partial charge in [0, 0.05) is 12.7 Å². The van der Waals surface area contributed by atoms with Crippen LogP contribution in [0.4, 0.5) is 5.69 Å². The highest BCUT2D eigenvalue weighted by Gasteiger charge is 2.42. The van der Waals surface area contributed by atoms with Crippen LogP contribution in [0.15, 0.2) is 24.3 Å². The molecule has 0 saturated heterocycles. The SMILES string of the molecule is CCOC(=O)C(C)(Br)C(=O)N(C)c1ccc(OC)cc1. The molecule has 0 bridgehead atoms. The Bertz CT molecular complexity index is 484. The molecular formula is C14H18BrNO4. The molecule has 0 radical (unpaired) electrons. The molecule has 20 heavy (non-hydrogen) atoms. The fourth-order valence-electron chi connectivity index (χ4n) is 1.59. The summed E-state index contributed by atoms with van der Waals surface area (Å²) in [5.74, 6) is -0.312. The van der Waals surface area contributed by atoms with E-state index in [1.165, 1.54) is 11.8 Å². The first-order valence-electron chi connectivity index (χ1n) is 6.13. The zero-order valence-corrected chi connectivity index (χ0v) is 13.6. The van der Waals surface area contributed by atoms with Gasteiger partial charge in [0.15, 0.2) is 4.32 Å². The van der Waals surface area contributed by atoms with Gasteiger partial charge in [0.25, 0.3) is 5.91 Å². The molecule has 0 aliphatic carbocycles. The van der Waals surface area contributed by atoms with Crippen LogP contribution in [-0.4, -0.2) is 37.0 Å². The number of benzene rings is 1. The molecule has 1 aromatic rings. The fraction of sp³-hybridized carbons (Fsp3) is 0.429. The van der Waals surface area contributed by atoms with Crippen molar-refractivity contribution in [3.63, 3.8) is 0 Å². The lowest BCUT2D eigenvalue weighted by Crippen LogP contribution is -2.47. The number of methoxy groups -OCH3 is 1. The summed E-state index contributed by atoms with van der Waals surface area (Å²) in [4.78, 5) is 25.6. The smallest absolute Gasteiger partial charge is 0.332 e. The molecule has 1 rings (SSSR count). The van der Waals surface area contributed by atoms with Crippen molar-refractivity contribution in [3.8, 4) is 5.75 Å². The van der Waals surface area contributed by atoms with Crippen molar-refractivity contribution in [2.75, 3.05) is 25.7 Å². The van der Waals surface area contributed by atoms with Gasteiger partial charge in [0.05, 0.1) is 13.7 Å². The number of halogens is 1. The molecule has 110 valence electrons. The quantitative estimate of drug-likeness (QED) is 0.468. The third kappa shape index (κ3) is 3.50. The molecule has 1 unspecified atom stereocenters. The van der Waals surface area contributed by atoms with Crippen LogP contribution in [0.5, 0.6) is 5.75 Å². The Morgan fingerprint density at radius 3 is 2.30 bits per heavy atom. The molecule has 0 heterocycles. The Morgan fingerprint density at radius 1 is 1.30 bits per heavy atom. The first-order valence-corrected chi connectivity index (χ1v) is 6.92. The van der Waals surface area contributed by atoms with Gasteiger partial charge >= 0.3 is 5.97 Å². The summed E-state index contributed by atoms with van der Waals surface area (Å²) in [6.07, 6.45) is 0. The van der Waals surface area contributed by atoms with E-state index in [-0.39, 0.29) is 6.61 Å². The summed E-state index contributed by atoms with van der Waals surface area (Å²) < 4.78 is 8.55. The molecule has 1 atom stereocenters. The van der Waals surface area contributed by atoms with E-state index in [4.69, 9.17) is 9.47 Å². The van der Waals surface area contributed by atoms with Crippen LogP contribution in [0.25, 0.3) is 0 Å². The first-order chi connectivity index (χ1) is 9.34. The molecule has 0 saturated carbocycles. The lowest BCUT2D eigenvalue weighted by Gasteiger charge is -2.26. The zero-order chi connectivity index (χ0) is 15.3. The van der Waals surface area contributed by atoms with Crippen LogP contribution in [0.3, 0.4) is 0 Å². The van der Waals surface area contributed by atoms with Crippen molar-refractivity contribution in [2.24, 2.45) is 0 Å². The molecule has 0 aliphatic rings. The summed E-state index contributed by atoms with van der Waals surface area (Å²) in [5.41, 5.74) is 0.658. The van der Waals surface area contributed by atoms with Crippen molar-refractivity contribution in [1.82, 2.24) is 0 Å². The van der Waals surface area contributed by atoms with Crippen molar-refractivity contribution in [3.05, 3.63) is 24.3 Å². The minimum absolute atomic E-state index is 0.222. The van der Waals surface area contributed by atoms with Crippen molar-refractivity contribution < 1.29 is 19.1 Å². The Balaban J connectivity index is 2.92. The molecule has 0 N–H and O–H groups in total. The minimum atomic E-state index is -1.41. The maximum Gasteiger partial charge on any atom is 0.332 e. The van der Waals surface area contributed by atoms with E-state index < -0.39 is 16.2 Å². The van der Waals surface area contributed by atoms with E-state index in [0.29, 0.717) is 11.4 Å². The molecule has 0 fully saturated rings. The van der Waals surface area contributed by atoms with E-state index in [9.17, 15) is 9.59 Å². The lowest BCUT2D eigenvalue weighted by atomic mass is 10.1. The standard InChI is InChI=1S/C14H18BrNO4/c1-5-20-13(18)14(2,15)12(17)16(3)10-6-8-11(19-4)9-7-10/h6-9H,5H2,1-4H3. The number of ether oxygens (including phenoxy) is 2. The number of hydrogen-bond donors (Lipinski definition) is 0. The van der Waals surface area contributed by atoms with E-state index in [0.717, 1.165) is 0 Å². The van der Waals surface area contributed by atoms with Gasteiger partial charge in [0.1, 0.15) is 5.75 Å². The van der Waals surface area contributed by atoms with Crippen LogP contribution in [0, 0.1) is 0 Å². The summed E-state index contributed by atoms with van der Waals surface area (Å²) in [7, 11) is 3.17. The Labute approximate surface area is 127 Å². The van der Waals surface area contributed by atoms with Crippen molar-refractivity contribution in [1.29, 1.82) is 0 Å².